The fraction of sp³-hybridized carbons (Fsp3) is 0.571. The monoisotopic (exact) mass is 483 g/mol. The number of carbonyl (C=O) groups is 1. The quantitative estimate of drug-likeness (QED) is 0.648. The minimum Gasteiger partial charge on any atom is -0.381 e. The second-order valence-electron chi connectivity index (χ2n) is 8.33. The lowest BCUT2D eigenvalue weighted by Crippen LogP contribution is -2.35. The molecule has 1 atom stereocenters. The van der Waals surface area contributed by atoms with Crippen molar-refractivity contribution in [2.24, 2.45) is 5.92 Å². The van der Waals surface area contributed by atoms with E-state index in [0.717, 1.165) is 37.9 Å². The van der Waals surface area contributed by atoms with Crippen molar-refractivity contribution in [2.45, 2.75) is 61.1 Å². The number of rotatable bonds is 7. The molecule has 2 aromatic rings. The van der Waals surface area contributed by atoms with Crippen molar-refractivity contribution in [1.29, 1.82) is 0 Å². The van der Waals surface area contributed by atoms with E-state index in [0.29, 0.717) is 43.8 Å². The highest BCUT2D eigenvalue weighted by atomic mass is 32.2. The molecule has 2 aromatic heterocycles. The largest absolute Gasteiger partial charge is 0.381 e. The number of amides is 1. The van der Waals surface area contributed by atoms with Gasteiger partial charge >= 0.3 is 0 Å². The maximum Gasteiger partial charge on any atom is 0.252 e. The molecular formula is C21H26FN3O5S2. The van der Waals surface area contributed by atoms with Crippen LogP contribution in [0.5, 0.6) is 0 Å². The van der Waals surface area contributed by atoms with Crippen LogP contribution in [0.15, 0.2) is 34.2 Å². The van der Waals surface area contributed by atoms with Crippen LogP contribution in [0.4, 0.5) is 9.52 Å². The summed E-state index contributed by atoms with van der Waals surface area (Å²) < 4.78 is 45.7. The SMILES string of the molecule is O=C(Nc1ncc(F)s1)C(CC1CCOCC1)n1ccc(S(=O)(=O)C2CCCC2)cc1=O. The second kappa shape index (κ2) is 9.80. The first-order chi connectivity index (χ1) is 15.3. The number of thiazole rings is 1. The molecule has 1 amide bonds. The van der Waals surface area contributed by atoms with Crippen molar-refractivity contribution in [3.8, 4) is 0 Å². The minimum atomic E-state index is -3.58. The van der Waals surface area contributed by atoms with Gasteiger partial charge in [-0.25, -0.2) is 13.4 Å². The molecule has 3 heterocycles. The van der Waals surface area contributed by atoms with Crippen molar-refractivity contribution >= 4 is 32.2 Å². The smallest absolute Gasteiger partial charge is 0.252 e. The number of aromatic nitrogens is 2. The zero-order chi connectivity index (χ0) is 22.7. The van der Waals surface area contributed by atoms with Crippen LogP contribution in [0.1, 0.15) is 51.0 Å². The minimum absolute atomic E-state index is 0.00197. The molecule has 1 N–H and O–H groups in total. The third kappa shape index (κ3) is 5.10. The summed E-state index contributed by atoms with van der Waals surface area (Å²) in [5.74, 6) is -0.319. The van der Waals surface area contributed by atoms with Gasteiger partial charge in [-0.2, -0.15) is 4.39 Å². The van der Waals surface area contributed by atoms with Crippen molar-refractivity contribution in [3.05, 3.63) is 40.0 Å². The van der Waals surface area contributed by atoms with E-state index in [1.165, 1.54) is 16.8 Å². The number of carbonyl (C=O) groups excluding carboxylic acids is 1. The van der Waals surface area contributed by atoms with Crippen LogP contribution in [-0.4, -0.2) is 42.3 Å². The molecule has 4 rings (SSSR count). The van der Waals surface area contributed by atoms with Crippen LogP contribution in [0.2, 0.25) is 0 Å². The molecule has 2 aliphatic rings. The van der Waals surface area contributed by atoms with Gasteiger partial charge in [0.1, 0.15) is 6.04 Å². The second-order valence-corrected chi connectivity index (χ2v) is 11.5. The Morgan fingerprint density at radius 2 is 2.00 bits per heavy atom. The summed E-state index contributed by atoms with van der Waals surface area (Å²) in [7, 11) is -3.58. The molecule has 0 aromatic carbocycles. The summed E-state index contributed by atoms with van der Waals surface area (Å²) in [6.45, 7) is 1.17. The predicted octanol–water partition coefficient (Wildman–Crippen LogP) is 3.16. The lowest BCUT2D eigenvalue weighted by atomic mass is 9.92. The third-order valence-electron chi connectivity index (χ3n) is 6.23. The third-order valence-corrected chi connectivity index (χ3v) is 9.19. The summed E-state index contributed by atoms with van der Waals surface area (Å²) in [4.78, 5) is 29.8. The first kappa shape index (κ1) is 23.1. The van der Waals surface area contributed by atoms with E-state index in [4.69, 9.17) is 4.74 Å². The highest BCUT2D eigenvalue weighted by Crippen LogP contribution is 2.30. The Morgan fingerprint density at radius 1 is 1.28 bits per heavy atom. The molecule has 8 nitrogen and oxygen atoms in total. The van der Waals surface area contributed by atoms with Crippen LogP contribution in [0.3, 0.4) is 0 Å². The highest BCUT2D eigenvalue weighted by molar-refractivity contribution is 7.92. The first-order valence-corrected chi connectivity index (χ1v) is 13.2. The number of sulfone groups is 1. The normalized spacial score (nSPS) is 19.2. The fourth-order valence-electron chi connectivity index (χ4n) is 4.44. The number of hydrogen-bond donors (Lipinski definition) is 1. The van der Waals surface area contributed by atoms with Gasteiger partial charge in [-0.1, -0.05) is 24.2 Å². The van der Waals surface area contributed by atoms with Gasteiger partial charge in [0.05, 0.1) is 16.3 Å². The fourth-order valence-corrected chi connectivity index (χ4v) is 6.84. The van der Waals surface area contributed by atoms with Crippen molar-refractivity contribution in [2.75, 3.05) is 18.5 Å². The number of halogens is 1. The van der Waals surface area contributed by atoms with Crippen LogP contribution in [-0.2, 0) is 19.4 Å². The molecule has 1 aliphatic carbocycles. The summed E-state index contributed by atoms with van der Waals surface area (Å²) in [6, 6.07) is 1.64. The molecule has 1 aliphatic heterocycles. The van der Waals surface area contributed by atoms with Crippen LogP contribution in [0.25, 0.3) is 0 Å². The molecule has 0 radical (unpaired) electrons. The zero-order valence-electron chi connectivity index (χ0n) is 17.5. The maximum atomic E-state index is 13.3. The van der Waals surface area contributed by atoms with E-state index in [9.17, 15) is 22.4 Å². The summed E-state index contributed by atoms with van der Waals surface area (Å²) in [6.07, 6.45) is 7.25. The number of ether oxygens (including phenoxy) is 1. The Balaban J connectivity index is 1.62. The number of nitrogens with zero attached hydrogens (tertiary/aromatic N) is 2. The Kier molecular flexibility index (Phi) is 7.06. The lowest BCUT2D eigenvalue weighted by molar-refractivity contribution is -0.120. The van der Waals surface area contributed by atoms with Gasteiger partial charge < -0.3 is 14.6 Å². The molecule has 0 bridgehead atoms. The lowest BCUT2D eigenvalue weighted by Gasteiger charge is -2.27. The summed E-state index contributed by atoms with van der Waals surface area (Å²) in [5, 5.41) is 1.71. The standard InChI is InChI=1S/C21H26FN3O5S2/c22-18-13-23-21(31-18)24-20(27)17(11-14-6-9-30-10-7-14)25-8-5-16(12-19(25)26)32(28,29)15-3-1-2-4-15/h5,8,12-15,17H,1-4,6-7,9-11H2,(H,23,24,27). The van der Waals surface area contributed by atoms with Gasteiger partial charge in [-0.05, 0) is 44.1 Å². The topological polar surface area (TPSA) is 107 Å². The zero-order valence-corrected chi connectivity index (χ0v) is 19.2. The number of hydrogen-bond acceptors (Lipinski definition) is 7. The molecule has 1 saturated heterocycles. The van der Waals surface area contributed by atoms with E-state index in [1.54, 1.807) is 0 Å². The number of nitrogens with one attached hydrogen (secondary N) is 1. The Bertz CT molecular complexity index is 1120. The molecular weight excluding hydrogens is 457 g/mol. The van der Waals surface area contributed by atoms with Crippen LogP contribution in [0, 0.1) is 11.0 Å². The Morgan fingerprint density at radius 3 is 2.62 bits per heavy atom. The number of anilines is 1. The van der Waals surface area contributed by atoms with E-state index in [1.807, 2.05) is 0 Å². The van der Waals surface area contributed by atoms with E-state index in [-0.39, 0.29) is 15.9 Å². The van der Waals surface area contributed by atoms with Gasteiger partial charge in [0.15, 0.2) is 20.1 Å². The van der Waals surface area contributed by atoms with Gasteiger partial charge in [0.2, 0.25) is 5.91 Å². The first-order valence-electron chi connectivity index (χ1n) is 10.8. The molecule has 11 heteroatoms. The predicted molar refractivity (Wildman–Crippen MR) is 118 cm³/mol. The van der Waals surface area contributed by atoms with Gasteiger partial charge in [0.25, 0.3) is 5.56 Å². The average Bonchev–Trinajstić information content (AvgIpc) is 3.45. The maximum absolute atomic E-state index is 13.3. The molecule has 2 fully saturated rings. The van der Waals surface area contributed by atoms with Crippen molar-refractivity contribution < 1.29 is 22.3 Å². The number of pyridine rings is 1. The Hall–Kier alpha value is -2.11. The molecule has 174 valence electrons. The molecule has 1 unspecified atom stereocenters. The van der Waals surface area contributed by atoms with E-state index < -0.39 is 37.7 Å². The van der Waals surface area contributed by atoms with Crippen LogP contribution < -0.4 is 10.9 Å². The van der Waals surface area contributed by atoms with Crippen LogP contribution >= 0.6 is 11.3 Å². The van der Waals surface area contributed by atoms with Gasteiger partial charge in [0, 0.05) is 25.5 Å². The van der Waals surface area contributed by atoms with Crippen molar-refractivity contribution in [1.82, 2.24) is 9.55 Å². The van der Waals surface area contributed by atoms with E-state index in [2.05, 4.69) is 10.3 Å². The average molecular weight is 484 g/mol. The molecule has 1 saturated carbocycles. The molecule has 0 spiro atoms. The van der Waals surface area contributed by atoms with Gasteiger partial charge in [-0.15, -0.1) is 0 Å². The van der Waals surface area contributed by atoms with Crippen molar-refractivity contribution in [3.63, 3.8) is 0 Å². The van der Waals surface area contributed by atoms with Gasteiger partial charge in [-0.3, -0.25) is 9.59 Å². The Labute approximate surface area is 189 Å². The van der Waals surface area contributed by atoms with E-state index >= 15 is 0 Å². The summed E-state index contributed by atoms with van der Waals surface area (Å²) >= 11 is 0.702. The molecule has 32 heavy (non-hydrogen) atoms. The summed E-state index contributed by atoms with van der Waals surface area (Å²) in [5.41, 5.74) is -0.554. The highest BCUT2D eigenvalue weighted by Gasteiger charge is 2.32.